The van der Waals surface area contributed by atoms with Gasteiger partial charge in [-0.2, -0.15) is 14.5 Å². The number of nitrogens with zero attached hydrogens (tertiary/aromatic N) is 6. The first-order chi connectivity index (χ1) is 16.2. The standard InChI is InChI=1S/C26H31N7/c1-3-31-12-14-32(15-13-31)23-17-24(33-26(28-23)29-25(30-33)20-9-10-20)27-18(2)21-11-8-19-6-4-5-7-22(19)16-21/h4-8,11,16-18,20,27H,3,9-10,12-15H2,1-2H3/t18-/m1/s1. The van der Waals surface area contributed by atoms with Crippen LogP contribution in [0.2, 0.25) is 0 Å². The Morgan fingerprint density at radius 1 is 0.970 bits per heavy atom. The molecule has 2 aliphatic rings. The minimum absolute atomic E-state index is 0.124. The zero-order chi connectivity index (χ0) is 22.4. The molecule has 1 saturated heterocycles. The Labute approximate surface area is 194 Å². The summed E-state index contributed by atoms with van der Waals surface area (Å²) in [7, 11) is 0. The Hall–Kier alpha value is -3.19. The zero-order valence-electron chi connectivity index (χ0n) is 19.4. The normalized spacial score (nSPS) is 18.2. The third-order valence-electron chi connectivity index (χ3n) is 7.04. The van der Waals surface area contributed by atoms with Gasteiger partial charge in [0.2, 0.25) is 0 Å². The molecule has 7 nitrogen and oxygen atoms in total. The second-order valence-corrected chi connectivity index (χ2v) is 9.35. The highest BCUT2D eigenvalue weighted by molar-refractivity contribution is 5.83. The molecule has 4 aromatic rings. The highest BCUT2D eigenvalue weighted by Gasteiger charge is 2.29. The number of rotatable bonds is 6. The highest BCUT2D eigenvalue weighted by atomic mass is 15.4. The van der Waals surface area contributed by atoms with Crippen molar-refractivity contribution in [1.29, 1.82) is 0 Å². The summed E-state index contributed by atoms with van der Waals surface area (Å²) in [5, 5.41) is 11.1. The van der Waals surface area contributed by atoms with Crippen LogP contribution in [0.4, 0.5) is 11.6 Å². The number of benzene rings is 2. The Morgan fingerprint density at radius 2 is 1.76 bits per heavy atom. The number of anilines is 2. The lowest BCUT2D eigenvalue weighted by Crippen LogP contribution is -2.46. The molecular formula is C26H31N7. The van der Waals surface area contributed by atoms with Gasteiger partial charge in [-0.05, 0) is 48.7 Å². The third kappa shape index (κ3) is 4.02. The molecule has 0 amide bonds. The number of fused-ring (bicyclic) bond motifs is 2. The SMILES string of the molecule is CCN1CCN(c2cc(N[C@H](C)c3ccc4ccccc4c3)n3nc(C4CC4)nc3n2)CC1. The molecule has 2 aromatic heterocycles. The van der Waals surface area contributed by atoms with E-state index in [1.54, 1.807) is 0 Å². The first kappa shape index (κ1) is 20.4. The molecule has 6 rings (SSSR count). The van der Waals surface area contributed by atoms with Crippen molar-refractivity contribution >= 4 is 28.2 Å². The third-order valence-corrected chi connectivity index (χ3v) is 7.04. The summed E-state index contributed by atoms with van der Waals surface area (Å²) in [6.07, 6.45) is 2.36. The van der Waals surface area contributed by atoms with Crippen molar-refractivity contribution in [2.45, 2.75) is 38.6 Å². The quantitative estimate of drug-likeness (QED) is 0.476. The topological polar surface area (TPSA) is 61.6 Å². The fraction of sp³-hybridized carbons (Fsp3) is 0.423. The number of piperazine rings is 1. The van der Waals surface area contributed by atoms with Crippen LogP contribution in [-0.2, 0) is 0 Å². The molecular weight excluding hydrogens is 410 g/mol. The molecule has 0 radical (unpaired) electrons. The summed E-state index contributed by atoms with van der Waals surface area (Å²) in [5.74, 6) is 4.06. The molecule has 33 heavy (non-hydrogen) atoms. The Kier molecular flexibility index (Phi) is 5.14. The smallest absolute Gasteiger partial charge is 0.256 e. The summed E-state index contributed by atoms with van der Waals surface area (Å²) < 4.78 is 1.90. The molecule has 3 heterocycles. The van der Waals surface area contributed by atoms with Gasteiger partial charge in [-0.3, -0.25) is 0 Å². The lowest BCUT2D eigenvalue weighted by atomic mass is 10.0. The van der Waals surface area contributed by atoms with E-state index in [1.165, 1.54) is 29.2 Å². The van der Waals surface area contributed by atoms with Gasteiger partial charge in [0.25, 0.3) is 5.78 Å². The Bertz CT molecular complexity index is 1280. The lowest BCUT2D eigenvalue weighted by Gasteiger charge is -2.34. The van der Waals surface area contributed by atoms with Crippen molar-refractivity contribution in [3.8, 4) is 0 Å². The Morgan fingerprint density at radius 3 is 2.52 bits per heavy atom. The van der Waals surface area contributed by atoms with Crippen molar-refractivity contribution in [3.05, 3.63) is 59.9 Å². The van der Waals surface area contributed by atoms with Gasteiger partial charge in [0.15, 0.2) is 5.82 Å². The van der Waals surface area contributed by atoms with E-state index in [2.05, 4.69) is 77.5 Å². The van der Waals surface area contributed by atoms with Gasteiger partial charge < -0.3 is 15.1 Å². The van der Waals surface area contributed by atoms with E-state index >= 15 is 0 Å². The number of hydrogen-bond acceptors (Lipinski definition) is 6. The van der Waals surface area contributed by atoms with Crippen molar-refractivity contribution < 1.29 is 0 Å². The molecule has 170 valence electrons. The van der Waals surface area contributed by atoms with Crippen molar-refractivity contribution in [3.63, 3.8) is 0 Å². The Balaban J connectivity index is 1.34. The van der Waals surface area contributed by atoms with Crippen LogP contribution in [0.5, 0.6) is 0 Å². The molecule has 7 heteroatoms. The molecule has 0 unspecified atom stereocenters. The fourth-order valence-electron chi connectivity index (χ4n) is 4.73. The lowest BCUT2D eigenvalue weighted by molar-refractivity contribution is 0.270. The zero-order valence-corrected chi connectivity index (χ0v) is 19.4. The number of likely N-dealkylation sites (N-methyl/N-ethyl adjacent to an activating group) is 1. The average Bonchev–Trinajstić information content (AvgIpc) is 3.62. The van der Waals surface area contributed by atoms with Crippen LogP contribution in [-0.4, -0.2) is 57.2 Å². The first-order valence-electron chi connectivity index (χ1n) is 12.2. The second-order valence-electron chi connectivity index (χ2n) is 9.35. The van der Waals surface area contributed by atoms with Crippen molar-refractivity contribution in [2.24, 2.45) is 0 Å². The van der Waals surface area contributed by atoms with Gasteiger partial charge in [0.05, 0.1) is 0 Å². The van der Waals surface area contributed by atoms with E-state index in [-0.39, 0.29) is 6.04 Å². The number of aromatic nitrogens is 4. The van der Waals surface area contributed by atoms with Gasteiger partial charge in [0.1, 0.15) is 11.6 Å². The van der Waals surface area contributed by atoms with Gasteiger partial charge in [-0.1, -0.05) is 43.3 Å². The molecule has 1 saturated carbocycles. The second kappa shape index (κ2) is 8.30. The molecule has 2 fully saturated rings. The monoisotopic (exact) mass is 441 g/mol. The molecule has 1 aliphatic heterocycles. The van der Waals surface area contributed by atoms with E-state index in [9.17, 15) is 0 Å². The number of nitrogens with one attached hydrogen (secondary N) is 1. The van der Waals surface area contributed by atoms with Crippen LogP contribution in [0.15, 0.2) is 48.5 Å². The highest BCUT2D eigenvalue weighted by Crippen LogP contribution is 2.38. The van der Waals surface area contributed by atoms with Crippen LogP contribution < -0.4 is 10.2 Å². The van der Waals surface area contributed by atoms with Crippen LogP contribution in [0.1, 0.15) is 50.0 Å². The van der Waals surface area contributed by atoms with Crippen molar-refractivity contribution in [1.82, 2.24) is 24.5 Å². The molecule has 1 aliphatic carbocycles. The average molecular weight is 442 g/mol. The maximum Gasteiger partial charge on any atom is 0.256 e. The van der Waals surface area contributed by atoms with Crippen LogP contribution in [0.25, 0.3) is 16.6 Å². The maximum absolute atomic E-state index is 4.92. The van der Waals surface area contributed by atoms with Gasteiger partial charge in [0, 0.05) is 44.2 Å². The minimum Gasteiger partial charge on any atom is -0.363 e. The molecule has 0 spiro atoms. The van der Waals surface area contributed by atoms with Crippen molar-refractivity contribution in [2.75, 3.05) is 42.9 Å². The molecule has 1 N–H and O–H groups in total. The minimum atomic E-state index is 0.124. The molecule has 0 bridgehead atoms. The summed E-state index contributed by atoms with van der Waals surface area (Å²) in [4.78, 5) is 14.6. The summed E-state index contributed by atoms with van der Waals surface area (Å²) in [6, 6.07) is 17.5. The fourth-order valence-corrected chi connectivity index (χ4v) is 4.73. The van der Waals surface area contributed by atoms with E-state index in [0.29, 0.717) is 11.7 Å². The van der Waals surface area contributed by atoms with E-state index < -0.39 is 0 Å². The molecule has 2 aromatic carbocycles. The summed E-state index contributed by atoms with van der Waals surface area (Å²) in [5.41, 5.74) is 1.25. The number of hydrogen-bond donors (Lipinski definition) is 1. The van der Waals surface area contributed by atoms with E-state index in [0.717, 1.165) is 50.2 Å². The summed E-state index contributed by atoms with van der Waals surface area (Å²) in [6.45, 7) is 9.64. The molecule has 1 atom stereocenters. The van der Waals surface area contributed by atoms with E-state index in [1.807, 2.05) is 4.52 Å². The maximum atomic E-state index is 4.92. The van der Waals surface area contributed by atoms with Gasteiger partial charge in [-0.25, -0.2) is 0 Å². The summed E-state index contributed by atoms with van der Waals surface area (Å²) >= 11 is 0. The van der Waals surface area contributed by atoms with Crippen LogP contribution >= 0.6 is 0 Å². The predicted octanol–water partition coefficient (Wildman–Crippen LogP) is 4.47. The largest absolute Gasteiger partial charge is 0.363 e. The van der Waals surface area contributed by atoms with Gasteiger partial charge in [-0.15, -0.1) is 5.10 Å². The van der Waals surface area contributed by atoms with Crippen LogP contribution in [0, 0.1) is 0 Å². The van der Waals surface area contributed by atoms with E-state index in [4.69, 9.17) is 15.1 Å². The first-order valence-corrected chi connectivity index (χ1v) is 12.2. The van der Waals surface area contributed by atoms with Gasteiger partial charge >= 0.3 is 0 Å². The predicted molar refractivity (Wildman–Crippen MR) is 133 cm³/mol. The van der Waals surface area contributed by atoms with Crippen LogP contribution in [0.3, 0.4) is 0 Å².